The molecule has 37 heavy (non-hydrogen) atoms. The topological polar surface area (TPSA) is 107 Å². The van der Waals surface area contributed by atoms with E-state index < -0.39 is 39.4 Å². The smallest absolute Gasteiger partial charge is 0.408 e. The molecule has 0 unspecified atom stereocenters. The first-order valence-electron chi connectivity index (χ1n) is 12.5. The van der Waals surface area contributed by atoms with Crippen LogP contribution in [0.15, 0.2) is 18.5 Å². The maximum atomic E-state index is 13.9. The van der Waals surface area contributed by atoms with Crippen LogP contribution in [0.25, 0.3) is 5.65 Å². The van der Waals surface area contributed by atoms with Crippen molar-refractivity contribution in [3.8, 4) is 0 Å². The minimum atomic E-state index is -2.70. The summed E-state index contributed by atoms with van der Waals surface area (Å²) in [4.78, 5) is 17.3. The molecule has 3 atom stereocenters. The number of methoxy groups -OCH3 is 1. The number of ether oxygens (including phenoxy) is 2. The average molecular weight is 544 g/mol. The summed E-state index contributed by atoms with van der Waals surface area (Å²) in [7, 11) is 0.226. The lowest BCUT2D eigenvalue weighted by Gasteiger charge is -2.33. The zero-order valence-electron chi connectivity index (χ0n) is 22.6. The summed E-state index contributed by atoms with van der Waals surface area (Å²) in [6.07, 6.45) is 2.72. The lowest BCUT2D eigenvalue weighted by atomic mass is 9.81. The number of halogens is 2. The number of rotatable bonds is 8. The summed E-state index contributed by atoms with van der Waals surface area (Å²) in [5, 5.41) is 7.33. The molecule has 12 heteroatoms. The van der Waals surface area contributed by atoms with Gasteiger partial charge in [-0.05, 0) is 71.9 Å². The molecule has 9 nitrogen and oxygen atoms in total. The molecular formula is C25H39F2N5O4S. The number of nitrogens with zero attached hydrogens (tertiary/aromatic N) is 3. The van der Waals surface area contributed by atoms with Gasteiger partial charge in [0.15, 0.2) is 5.65 Å². The van der Waals surface area contributed by atoms with Gasteiger partial charge in [-0.3, -0.25) is 0 Å². The lowest BCUT2D eigenvalue weighted by Crippen LogP contribution is -2.40. The van der Waals surface area contributed by atoms with E-state index in [1.165, 1.54) is 0 Å². The molecule has 1 aliphatic rings. The number of nitrogens with one attached hydrogen (secondary N) is 2. The summed E-state index contributed by atoms with van der Waals surface area (Å²) >= 11 is 0. The fourth-order valence-electron chi connectivity index (χ4n) is 4.18. The molecule has 1 fully saturated rings. The van der Waals surface area contributed by atoms with Crippen molar-refractivity contribution in [1.29, 1.82) is 0 Å². The van der Waals surface area contributed by atoms with E-state index in [1.54, 1.807) is 44.8 Å². The number of alkyl carbamates (subject to hydrolysis) is 1. The van der Waals surface area contributed by atoms with Crippen molar-refractivity contribution in [1.82, 2.24) is 24.6 Å². The Balaban J connectivity index is 1.91. The highest BCUT2D eigenvalue weighted by Gasteiger charge is 2.39. The Kier molecular flexibility index (Phi) is 8.96. The van der Waals surface area contributed by atoms with Crippen LogP contribution < -0.4 is 10.0 Å². The average Bonchev–Trinajstić information content (AvgIpc) is 3.18. The van der Waals surface area contributed by atoms with E-state index in [-0.39, 0.29) is 44.2 Å². The molecule has 0 bridgehead atoms. The number of carbonyl (C=O) groups is 1. The van der Waals surface area contributed by atoms with Crippen LogP contribution in [0.2, 0.25) is 0 Å². The summed E-state index contributed by atoms with van der Waals surface area (Å²) in [6.45, 7) is 11.2. The Morgan fingerprint density at radius 1 is 1.24 bits per heavy atom. The normalized spacial score (nSPS) is 19.4. The zero-order chi connectivity index (χ0) is 27.6. The van der Waals surface area contributed by atoms with Gasteiger partial charge in [-0.1, -0.05) is 0 Å². The van der Waals surface area contributed by atoms with Crippen molar-refractivity contribution < 1.29 is 27.3 Å². The van der Waals surface area contributed by atoms with Crippen LogP contribution in [0.5, 0.6) is 0 Å². The molecule has 0 spiro atoms. The van der Waals surface area contributed by atoms with Crippen molar-refractivity contribution in [2.75, 3.05) is 13.7 Å². The molecule has 208 valence electrons. The Labute approximate surface area is 219 Å². The molecule has 1 saturated carbocycles. The van der Waals surface area contributed by atoms with Crippen LogP contribution in [0, 0.1) is 5.92 Å². The largest absolute Gasteiger partial charge is 0.444 e. The van der Waals surface area contributed by atoms with E-state index in [2.05, 4.69) is 15.1 Å². The van der Waals surface area contributed by atoms with Crippen molar-refractivity contribution in [3.63, 3.8) is 0 Å². The van der Waals surface area contributed by atoms with Crippen LogP contribution in [0.1, 0.15) is 90.6 Å². The number of hydrogen-bond acceptors (Lipinski definition) is 6. The first-order chi connectivity index (χ1) is 17.1. The Morgan fingerprint density at radius 3 is 2.46 bits per heavy atom. The van der Waals surface area contributed by atoms with Crippen molar-refractivity contribution >= 4 is 22.7 Å². The van der Waals surface area contributed by atoms with Crippen LogP contribution in [-0.2, 0) is 20.5 Å². The molecule has 0 saturated heterocycles. The number of hydrogen-bond donors (Lipinski definition) is 2. The quantitative estimate of drug-likeness (QED) is 0.493. The van der Waals surface area contributed by atoms with Gasteiger partial charge >= 0.3 is 6.09 Å². The summed E-state index contributed by atoms with van der Waals surface area (Å²) in [6, 6.07) is 0.809. The minimum absolute atomic E-state index is 0.228. The van der Waals surface area contributed by atoms with Crippen molar-refractivity contribution in [3.05, 3.63) is 29.7 Å². The second kappa shape index (κ2) is 11.3. The van der Waals surface area contributed by atoms with Crippen molar-refractivity contribution in [2.24, 2.45) is 5.92 Å². The molecule has 2 aromatic heterocycles. The SMILES string of the molecule is COC[C@@H](N[S@](=O)C(C)(C)C)c1cnn2cc([C@@H](NC(=O)OC(C)(C)C)C3CCC(F)(F)CC3)nc2c1. The van der Waals surface area contributed by atoms with Gasteiger partial charge in [-0.2, -0.15) is 5.10 Å². The summed E-state index contributed by atoms with van der Waals surface area (Å²) in [5.74, 6) is -2.92. The number of imidazole rings is 1. The molecule has 2 N–H and O–H groups in total. The second-order valence-electron chi connectivity index (χ2n) is 11.6. The van der Waals surface area contributed by atoms with E-state index in [0.717, 1.165) is 5.56 Å². The van der Waals surface area contributed by atoms with E-state index in [4.69, 9.17) is 14.5 Å². The van der Waals surface area contributed by atoms with Gasteiger partial charge in [0.05, 0.1) is 52.5 Å². The van der Waals surface area contributed by atoms with Crippen LogP contribution in [-0.4, -0.2) is 54.9 Å². The Morgan fingerprint density at radius 2 is 1.89 bits per heavy atom. The zero-order valence-corrected chi connectivity index (χ0v) is 23.5. The van der Waals surface area contributed by atoms with Crippen LogP contribution >= 0.6 is 0 Å². The summed E-state index contributed by atoms with van der Waals surface area (Å²) in [5.41, 5.74) is 1.05. The molecule has 0 radical (unpaired) electrons. The molecule has 3 rings (SSSR count). The fourth-order valence-corrected chi connectivity index (χ4v) is 5.00. The van der Waals surface area contributed by atoms with Gasteiger partial charge < -0.3 is 14.8 Å². The van der Waals surface area contributed by atoms with E-state index in [0.29, 0.717) is 11.3 Å². The van der Waals surface area contributed by atoms with E-state index >= 15 is 0 Å². The molecule has 2 aromatic rings. The minimum Gasteiger partial charge on any atom is -0.444 e. The first-order valence-corrected chi connectivity index (χ1v) is 13.6. The highest BCUT2D eigenvalue weighted by molar-refractivity contribution is 7.84. The lowest BCUT2D eigenvalue weighted by molar-refractivity contribution is -0.0500. The van der Waals surface area contributed by atoms with E-state index in [1.807, 2.05) is 26.8 Å². The van der Waals surface area contributed by atoms with Gasteiger partial charge in [0.1, 0.15) is 5.60 Å². The molecule has 0 aromatic carbocycles. The predicted molar refractivity (Wildman–Crippen MR) is 138 cm³/mol. The monoisotopic (exact) mass is 543 g/mol. The number of fused-ring (bicyclic) bond motifs is 1. The highest BCUT2D eigenvalue weighted by Crippen LogP contribution is 2.41. The Bertz CT molecular complexity index is 1100. The highest BCUT2D eigenvalue weighted by atomic mass is 32.2. The fraction of sp³-hybridized carbons (Fsp3) is 0.720. The van der Waals surface area contributed by atoms with Crippen molar-refractivity contribution in [2.45, 2.75) is 95.6 Å². The predicted octanol–water partition coefficient (Wildman–Crippen LogP) is 4.86. The third-order valence-corrected chi connectivity index (χ3v) is 7.74. The third-order valence-electron chi connectivity index (χ3n) is 6.13. The third kappa shape index (κ3) is 8.15. The number of amides is 1. The van der Waals surface area contributed by atoms with Crippen LogP contribution in [0.3, 0.4) is 0 Å². The first kappa shape index (κ1) is 29.4. The molecule has 1 aliphatic carbocycles. The number of carbonyl (C=O) groups excluding carboxylic acids is 1. The van der Waals surface area contributed by atoms with Gasteiger partial charge in [-0.25, -0.2) is 32.0 Å². The standard InChI is InChI=1S/C25H39F2N5O4S/c1-23(2,3)36-22(33)30-21(16-8-10-25(26,27)11-9-16)18-14-32-20(29-18)12-17(13-28-32)19(15-35-7)31-37(34)24(4,5)6/h12-14,16,19,21,31H,8-11,15H2,1-7H3,(H,30,33)/t19-,21+,37-/m1/s1. The van der Waals surface area contributed by atoms with Gasteiger partial charge in [0.2, 0.25) is 5.92 Å². The molecule has 1 amide bonds. The molecule has 2 heterocycles. The second-order valence-corrected chi connectivity index (χ2v) is 13.6. The van der Waals surface area contributed by atoms with Gasteiger partial charge in [-0.15, -0.1) is 0 Å². The number of aromatic nitrogens is 3. The Hall–Kier alpha value is -2.18. The van der Waals surface area contributed by atoms with Gasteiger partial charge in [0, 0.05) is 20.0 Å². The van der Waals surface area contributed by atoms with E-state index in [9.17, 15) is 17.8 Å². The van der Waals surface area contributed by atoms with Crippen LogP contribution in [0.4, 0.5) is 13.6 Å². The maximum Gasteiger partial charge on any atom is 0.408 e. The molecular weight excluding hydrogens is 504 g/mol. The maximum absolute atomic E-state index is 13.9. The molecule has 0 aliphatic heterocycles. The number of alkyl halides is 2. The summed E-state index contributed by atoms with van der Waals surface area (Å²) < 4.78 is 55.4. The van der Waals surface area contributed by atoms with Gasteiger partial charge in [0.25, 0.3) is 0 Å².